The summed E-state index contributed by atoms with van der Waals surface area (Å²) in [4.78, 5) is 40.3. The number of carbonyl (C=O) groups is 1. The Morgan fingerprint density at radius 2 is 1.77 bits per heavy atom. The zero-order valence-electron chi connectivity index (χ0n) is 15.8. The number of thiophene rings is 1. The highest BCUT2D eigenvalue weighted by molar-refractivity contribution is 7.20. The molecule has 0 bridgehead atoms. The van der Waals surface area contributed by atoms with Gasteiger partial charge in [0.2, 0.25) is 0 Å². The number of nitrogens with one attached hydrogen (secondary N) is 1. The summed E-state index contributed by atoms with van der Waals surface area (Å²) in [6.45, 7) is 0. The molecule has 0 aliphatic carbocycles. The second-order valence-corrected chi connectivity index (χ2v) is 7.73. The molecule has 0 aliphatic heterocycles. The Morgan fingerprint density at radius 3 is 2.53 bits per heavy atom. The highest BCUT2D eigenvalue weighted by atomic mass is 32.1. The van der Waals surface area contributed by atoms with Crippen LogP contribution in [-0.2, 0) is 4.74 Å². The fourth-order valence-electron chi connectivity index (χ4n) is 3.53. The molecule has 3 aromatic heterocycles. The van der Waals surface area contributed by atoms with Crippen molar-refractivity contribution in [2.24, 2.45) is 0 Å². The van der Waals surface area contributed by atoms with Crippen molar-refractivity contribution in [3.63, 3.8) is 0 Å². The van der Waals surface area contributed by atoms with E-state index in [4.69, 9.17) is 4.74 Å². The molecule has 30 heavy (non-hydrogen) atoms. The molecule has 5 aromatic rings. The van der Waals surface area contributed by atoms with Gasteiger partial charge in [-0.05, 0) is 36.4 Å². The Morgan fingerprint density at radius 1 is 0.967 bits per heavy atom. The Bertz CT molecular complexity index is 1540. The van der Waals surface area contributed by atoms with Gasteiger partial charge in [-0.15, -0.1) is 11.3 Å². The topological polar surface area (TPSA) is 86.1 Å². The van der Waals surface area contributed by atoms with Gasteiger partial charge < -0.3 is 14.3 Å². The van der Waals surface area contributed by atoms with Crippen molar-refractivity contribution < 1.29 is 9.53 Å². The summed E-state index contributed by atoms with van der Waals surface area (Å²) in [7, 11) is 1.29. The highest BCUT2D eigenvalue weighted by Crippen LogP contribution is 2.27. The minimum atomic E-state index is -0.751. The van der Waals surface area contributed by atoms with Crippen molar-refractivity contribution in [1.29, 1.82) is 0 Å². The fourth-order valence-corrected chi connectivity index (χ4v) is 4.49. The van der Waals surface area contributed by atoms with Crippen molar-refractivity contribution in [3.05, 3.63) is 92.4 Å². The summed E-state index contributed by atoms with van der Waals surface area (Å²) < 4.78 is 8.12. The first-order valence-electron chi connectivity index (χ1n) is 9.11. The largest absolute Gasteiger partial charge is 0.465 e. The highest BCUT2D eigenvalue weighted by Gasteiger charge is 2.17. The van der Waals surface area contributed by atoms with Gasteiger partial charge in [0.05, 0.1) is 23.8 Å². The van der Waals surface area contributed by atoms with Gasteiger partial charge in [-0.25, -0.2) is 4.79 Å². The number of hydrogen-bond donors (Lipinski definition) is 1. The molecule has 0 fully saturated rings. The first kappa shape index (κ1) is 18.1. The standard InChI is InChI=1S/C22H15N3O4S/c1-29-22(28)18-12-17-20(30-18)23-19(26)21(27)25(17)15-8-7-13-9-10-24(16(13)11-15)14-5-3-2-4-6-14/h2-12H,1H3,(H,23,26). The van der Waals surface area contributed by atoms with Crippen molar-refractivity contribution in [2.75, 3.05) is 7.11 Å². The number of H-pyrrole nitrogens is 1. The van der Waals surface area contributed by atoms with Gasteiger partial charge in [0.1, 0.15) is 9.71 Å². The van der Waals surface area contributed by atoms with Gasteiger partial charge in [-0.2, -0.15) is 0 Å². The van der Waals surface area contributed by atoms with E-state index >= 15 is 0 Å². The summed E-state index contributed by atoms with van der Waals surface area (Å²) in [5.41, 5.74) is 1.39. The van der Waals surface area contributed by atoms with Crippen molar-refractivity contribution in [1.82, 2.24) is 14.1 Å². The number of para-hydroxylation sites is 1. The lowest BCUT2D eigenvalue weighted by Gasteiger charge is -2.10. The van der Waals surface area contributed by atoms with Gasteiger partial charge >= 0.3 is 17.1 Å². The number of benzene rings is 2. The van der Waals surface area contributed by atoms with Crippen molar-refractivity contribution >= 4 is 38.6 Å². The Balaban J connectivity index is 1.79. The predicted molar refractivity (Wildman–Crippen MR) is 116 cm³/mol. The predicted octanol–water partition coefficient (Wildman–Crippen LogP) is 3.47. The van der Waals surface area contributed by atoms with Crippen LogP contribution in [0.3, 0.4) is 0 Å². The molecule has 1 N–H and O–H groups in total. The molecule has 7 nitrogen and oxygen atoms in total. The van der Waals surface area contributed by atoms with Crippen LogP contribution in [0.4, 0.5) is 0 Å². The number of nitrogens with zero attached hydrogens (tertiary/aromatic N) is 2. The van der Waals surface area contributed by atoms with Crippen LogP contribution in [0.5, 0.6) is 0 Å². The number of carbonyl (C=O) groups excluding carboxylic acids is 1. The third-order valence-corrected chi connectivity index (χ3v) is 5.95. The lowest BCUT2D eigenvalue weighted by atomic mass is 10.2. The van der Waals surface area contributed by atoms with Gasteiger partial charge in [-0.1, -0.05) is 24.3 Å². The summed E-state index contributed by atoms with van der Waals surface area (Å²) >= 11 is 1.07. The molecule has 3 heterocycles. The molecule has 5 rings (SSSR count). The van der Waals surface area contributed by atoms with Crippen LogP contribution in [0.1, 0.15) is 9.67 Å². The lowest BCUT2D eigenvalue weighted by Crippen LogP contribution is -2.35. The van der Waals surface area contributed by atoms with Gasteiger partial charge in [0.15, 0.2) is 0 Å². The Kier molecular flexibility index (Phi) is 4.14. The number of aromatic amines is 1. The van der Waals surface area contributed by atoms with E-state index in [1.165, 1.54) is 11.7 Å². The second kappa shape index (κ2) is 6.85. The quantitative estimate of drug-likeness (QED) is 0.360. The number of methoxy groups -OCH3 is 1. The first-order chi connectivity index (χ1) is 14.6. The van der Waals surface area contributed by atoms with Gasteiger partial charge in [0, 0.05) is 17.3 Å². The maximum atomic E-state index is 12.8. The summed E-state index contributed by atoms with van der Waals surface area (Å²) in [6.07, 6.45) is 1.96. The molecular weight excluding hydrogens is 402 g/mol. The average Bonchev–Trinajstić information content (AvgIpc) is 3.38. The van der Waals surface area contributed by atoms with E-state index in [1.807, 2.05) is 59.3 Å². The van der Waals surface area contributed by atoms with Crippen molar-refractivity contribution in [2.45, 2.75) is 0 Å². The number of fused-ring (bicyclic) bond motifs is 2. The van der Waals surface area contributed by atoms with E-state index in [2.05, 4.69) is 4.98 Å². The molecule has 0 saturated carbocycles. The lowest BCUT2D eigenvalue weighted by molar-refractivity contribution is 0.0606. The maximum Gasteiger partial charge on any atom is 0.348 e. The van der Waals surface area contributed by atoms with Crippen LogP contribution >= 0.6 is 11.3 Å². The minimum Gasteiger partial charge on any atom is -0.465 e. The molecule has 0 atom stereocenters. The fraction of sp³-hybridized carbons (Fsp3) is 0.0455. The van der Waals surface area contributed by atoms with Crippen LogP contribution in [0.25, 0.3) is 32.6 Å². The smallest absolute Gasteiger partial charge is 0.348 e. The minimum absolute atomic E-state index is 0.302. The summed E-state index contributed by atoms with van der Waals surface area (Å²) in [6, 6.07) is 18.9. The van der Waals surface area contributed by atoms with Crippen molar-refractivity contribution in [3.8, 4) is 11.4 Å². The van der Waals surface area contributed by atoms with E-state index in [1.54, 1.807) is 12.1 Å². The van der Waals surface area contributed by atoms with E-state index < -0.39 is 17.1 Å². The van der Waals surface area contributed by atoms with Crippen LogP contribution in [0.15, 0.2) is 76.4 Å². The molecule has 0 saturated heterocycles. The van der Waals surface area contributed by atoms with E-state index in [0.717, 1.165) is 27.9 Å². The average molecular weight is 417 g/mol. The van der Waals surface area contributed by atoms with E-state index in [9.17, 15) is 14.4 Å². The molecule has 148 valence electrons. The monoisotopic (exact) mass is 417 g/mol. The summed E-state index contributed by atoms with van der Waals surface area (Å²) in [5.74, 6) is -0.524. The number of rotatable bonds is 3. The van der Waals surface area contributed by atoms with Gasteiger partial charge in [0.25, 0.3) is 0 Å². The number of esters is 1. The molecule has 0 spiro atoms. The zero-order chi connectivity index (χ0) is 20.8. The Labute approximate surface area is 173 Å². The molecule has 0 unspecified atom stereocenters. The van der Waals surface area contributed by atoms with Crippen LogP contribution in [0, 0.1) is 0 Å². The van der Waals surface area contributed by atoms with Crippen LogP contribution in [-0.4, -0.2) is 27.2 Å². The maximum absolute atomic E-state index is 12.8. The molecule has 0 radical (unpaired) electrons. The van der Waals surface area contributed by atoms with E-state index in [-0.39, 0.29) is 0 Å². The third-order valence-electron chi connectivity index (χ3n) is 4.93. The molecule has 2 aromatic carbocycles. The second-order valence-electron chi connectivity index (χ2n) is 6.68. The number of ether oxygens (including phenoxy) is 1. The number of aromatic nitrogens is 3. The summed E-state index contributed by atoms with van der Waals surface area (Å²) in [5, 5.41) is 0.998. The SMILES string of the molecule is COC(=O)c1cc2c([nH]c(=O)c(=O)n2-c2ccc3ccn(-c4ccccc4)c3c2)s1. The number of hydrogen-bond acceptors (Lipinski definition) is 5. The molecule has 8 heteroatoms. The van der Waals surface area contributed by atoms with Crippen LogP contribution < -0.4 is 11.1 Å². The molecule has 0 amide bonds. The first-order valence-corrected chi connectivity index (χ1v) is 9.92. The van der Waals surface area contributed by atoms with E-state index in [0.29, 0.717) is 20.9 Å². The van der Waals surface area contributed by atoms with Gasteiger partial charge in [-0.3, -0.25) is 14.2 Å². The normalized spacial score (nSPS) is 11.2. The zero-order valence-corrected chi connectivity index (χ0v) is 16.6. The third kappa shape index (κ3) is 2.77. The molecule has 0 aliphatic rings. The molecular formula is C22H15N3O4S. The Hall–Kier alpha value is -3.91. The van der Waals surface area contributed by atoms with Crippen LogP contribution in [0.2, 0.25) is 0 Å².